The molecule has 102 valence electrons. The van der Waals surface area contributed by atoms with Crippen LogP contribution in [0.5, 0.6) is 0 Å². The first-order valence-electron chi connectivity index (χ1n) is 6.71. The van der Waals surface area contributed by atoms with E-state index < -0.39 is 0 Å². The maximum Gasteiger partial charge on any atom is 0.129 e. The van der Waals surface area contributed by atoms with Crippen LogP contribution in [0.1, 0.15) is 50.7 Å². The lowest BCUT2D eigenvalue weighted by molar-refractivity contribution is 0.0644. The fourth-order valence-corrected chi connectivity index (χ4v) is 2.42. The second kappa shape index (κ2) is 9.51. The van der Waals surface area contributed by atoms with Crippen molar-refractivity contribution in [2.24, 2.45) is 0 Å². The summed E-state index contributed by atoms with van der Waals surface area (Å²) in [7, 11) is 0. The predicted octanol–water partition coefficient (Wildman–Crippen LogP) is 5.25. The Morgan fingerprint density at radius 3 is 2.56 bits per heavy atom. The van der Waals surface area contributed by atoms with E-state index in [2.05, 4.69) is 22.9 Å². The van der Waals surface area contributed by atoms with Crippen LogP contribution in [0, 0.1) is 5.82 Å². The summed E-state index contributed by atoms with van der Waals surface area (Å²) in [5.41, 5.74) is 0.642. The lowest BCUT2D eigenvalue weighted by Crippen LogP contribution is -2.09. The van der Waals surface area contributed by atoms with Crippen molar-refractivity contribution >= 4 is 15.9 Å². The highest BCUT2D eigenvalue weighted by Crippen LogP contribution is 2.22. The molecule has 0 spiro atoms. The first kappa shape index (κ1) is 15.6. The van der Waals surface area contributed by atoms with E-state index in [1.165, 1.54) is 31.7 Å². The van der Waals surface area contributed by atoms with Gasteiger partial charge in [-0.05, 0) is 12.5 Å². The van der Waals surface area contributed by atoms with Crippen molar-refractivity contribution in [3.8, 4) is 0 Å². The molecule has 1 nitrogen and oxygen atoms in total. The molecule has 0 aliphatic heterocycles. The maximum atomic E-state index is 13.6. The van der Waals surface area contributed by atoms with Crippen molar-refractivity contribution in [3.63, 3.8) is 0 Å². The van der Waals surface area contributed by atoms with Crippen LogP contribution in [0.3, 0.4) is 0 Å². The lowest BCUT2D eigenvalue weighted by atomic mass is 10.1. The maximum absolute atomic E-state index is 13.6. The van der Waals surface area contributed by atoms with Gasteiger partial charge in [0.2, 0.25) is 0 Å². The Hall–Kier alpha value is -0.410. The first-order chi connectivity index (χ1) is 8.79. The summed E-state index contributed by atoms with van der Waals surface area (Å²) >= 11 is 3.39. The summed E-state index contributed by atoms with van der Waals surface area (Å²) in [6.07, 6.45) is 5.86. The van der Waals surface area contributed by atoms with E-state index in [9.17, 15) is 4.39 Å². The fourth-order valence-electron chi connectivity index (χ4n) is 1.88. The Bertz CT molecular complexity index is 330. The Morgan fingerprint density at radius 1 is 1.17 bits per heavy atom. The molecular weight excluding hydrogens is 295 g/mol. The largest absolute Gasteiger partial charge is 0.373 e. The summed E-state index contributed by atoms with van der Waals surface area (Å²) in [6, 6.07) is 6.82. The number of ether oxygens (including phenoxy) is 1. The molecule has 0 aliphatic rings. The Kier molecular flexibility index (Phi) is 8.27. The zero-order valence-corrected chi connectivity index (χ0v) is 12.6. The highest BCUT2D eigenvalue weighted by molar-refractivity contribution is 9.09. The minimum absolute atomic E-state index is 0.183. The summed E-state index contributed by atoms with van der Waals surface area (Å²) in [6.45, 7) is 2.91. The van der Waals surface area contributed by atoms with Crippen LogP contribution in [0.25, 0.3) is 0 Å². The quantitative estimate of drug-likeness (QED) is 0.446. The molecule has 3 heteroatoms. The SMILES string of the molecule is CCCCCCCOC(CBr)c1ccccc1F. The summed E-state index contributed by atoms with van der Waals surface area (Å²) in [5, 5.41) is 0.628. The van der Waals surface area contributed by atoms with Crippen molar-refractivity contribution in [1.29, 1.82) is 0 Å². The molecule has 1 aromatic carbocycles. The second-order valence-electron chi connectivity index (χ2n) is 4.45. The van der Waals surface area contributed by atoms with E-state index in [4.69, 9.17) is 4.74 Å². The highest BCUT2D eigenvalue weighted by atomic mass is 79.9. The zero-order chi connectivity index (χ0) is 13.2. The number of alkyl halides is 1. The van der Waals surface area contributed by atoms with Crippen molar-refractivity contribution in [1.82, 2.24) is 0 Å². The van der Waals surface area contributed by atoms with E-state index >= 15 is 0 Å². The molecule has 1 unspecified atom stereocenters. The van der Waals surface area contributed by atoms with Gasteiger partial charge in [-0.3, -0.25) is 0 Å². The minimum atomic E-state index is -0.187. The van der Waals surface area contributed by atoms with Crippen molar-refractivity contribution < 1.29 is 9.13 Å². The number of unbranched alkanes of at least 4 members (excludes halogenated alkanes) is 4. The summed E-state index contributed by atoms with van der Waals surface area (Å²) in [4.78, 5) is 0. The molecule has 0 saturated heterocycles. The van der Waals surface area contributed by atoms with E-state index in [1.54, 1.807) is 12.1 Å². The summed E-state index contributed by atoms with van der Waals surface area (Å²) in [5.74, 6) is -0.187. The van der Waals surface area contributed by atoms with E-state index in [0.717, 1.165) is 6.42 Å². The van der Waals surface area contributed by atoms with Gasteiger partial charge in [-0.15, -0.1) is 0 Å². The highest BCUT2D eigenvalue weighted by Gasteiger charge is 2.14. The van der Waals surface area contributed by atoms with Gasteiger partial charge in [0.05, 0.1) is 6.10 Å². The molecule has 0 radical (unpaired) electrons. The van der Waals surface area contributed by atoms with Crippen LogP contribution in [0.4, 0.5) is 4.39 Å². The number of hydrogen-bond donors (Lipinski definition) is 0. The molecule has 0 aliphatic carbocycles. The lowest BCUT2D eigenvalue weighted by Gasteiger charge is -2.16. The topological polar surface area (TPSA) is 9.23 Å². The fraction of sp³-hybridized carbons (Fsp3) is 0.600. The standard InChI is InChI=1S/C15H22BrFO/c1-2-3-4-5-8-11-18-15(12-16)13-9-6-7-10-14(13)17/h6-7,9-10,15H,2-5,8,11-12H2,1H3. The predicted molar refractivity (Wildman–Crippen MR) is 77.6 cm³/mol. The molecule has 1 aromatic rings. The monoisotopic (exact) mass is 316 g/mol. The van der Waals surface area contributed by atoms with E-state index in [1.807, 2.05) is 6.07 Å². The van der Waals surface area contributed by atoms with Crippen molar-refractivity contribution in [2.45, 2.75) is 45.1 Å². The van der Waals surface area contributed by atoms with E-state index in [0.29, 0.717) is 17.5 Å². The number of hydrogen-bond acceptors (Lipinski definition) is 1. The molecule has 0 aromatic heterocycles. The molecule has 1 rings (SSSR count). The van der Waals surface area contributed by atoms with Gasteiger partial charge in [0.25, 0.3) is 0 Å². The summed E-state index contributed by atoms with van der Waals surface area (Å²) < 4.78 is 19.4. The van der Waals surface area contributed by atoms with Gasteiger partial charge in [0.15, 0.2) is 0 Å². The molecule has 0 heterocycles. The third-order valence-corrected chi connectivity index (χ3v) is 3.55. The van der Waals surface area contributed by atoms with Gasteiger partial charge in [0.1, 0.15) is 5.82 Å². The molecular formula is C15H22BrFO. The van der Waals surface area contributed by atoms with Gasteiger partial charge in [-0.1, -0.05) is 66.7 Å². The van der Waals surface area contributed by atoms with Crippen LogP contribution in [-0.4, -0.2) is 11.9 Å². The molecule has 0 fully saturated rings. The normalized spacial score (nSPS) is 12.6. The van der Waals surface area contributed by atoms with Gasteiger partial charge in [-0.25, -0.2) is 4.39 Å². The van der Waals surface area contributed by atoms with Gasteiger partial charge >= 0.3 is 0 Å². The third kappa shape index (κ3) is 5.49. The number of benzene rings is 1. The van der Waals surface area contributed by atoms with Gasteiger partial charge in [-0.2, -0.15) is 0 Å². The van der Waals surface area contributed by atoms with Gasteiger partial charge in [0, 0.05) is 17.5 Å². The van der Waals surface area contributed by atoms with Crippen LogP contribution >= 0.6 is 15.9 Å². The molecule has 1 atom stereocenters. The Balaban J connectivity index is 2.32. The number of halogens is 2. The molecule has 0 amide bonds. The minimum Gasteiger partial charge on any atom is -0.373 e. The average Bonchev–Trinajstić information content (AvgIpc) is 2.39. The van der Waals surface area contributed by atoms with Crippen LogP contribution in [0.15, 0.2) is 24.3 Å². The smallest absolute Gasteiger partial charge is 0.129 e. The Morgan fingerprint density at radius 2 is 1.89 bits per heavy atom. The Labute approximate surface area is 118 Å². The van der Waals surface area contributed by atoms with Crippen LogP contribution in [-0.2, 0) is 4.74 Å². The first-order valence-corrected chi connectivity index (χ1v) is 7.83. The second-order valence-corrected chi connectivity index (χ2v) is 5.10. The molecule has 0 N–H and O–H groups in total. The van der Waals surface area contributed by atoms with Crippen LogP contribution < -0.4 is 0 Å². The van der Waals surface area contributed by atoms with Crippen molar-refractivity contribution in [3.05, 3.63) is 35.6 Å². The van der Waals surface area contributed by atoms with Crippen molar-refractivity contribution in [2.75, 3.05) is 11.9 Å². The van der Waals surface area contributed by atoms with Gasteiger partial charge < -0.3 is 4.74 Å². The third-order valence-electron chi connectivity index (χ3n) is 2.96. The number of rotatable bonds is 9. The van der Waals surface area contributed by atoms with Crippen LogP contribution in [0.2, 0.25) is 0 Å². The zero-order valence-electron chi connectivity index (χ0n) is 11.0. The molecule has 18 heavy (non-hydrogen) atoms. The average molecular weight is 317 g/mol. The molecule has 0 saturated carbocycles. The van der Waals surface area contributed by atoms with E-state index in [-0.39, 0.29) is 11.9 Å². The molecule has 0 bridgehead atoms.